The third kappa shape index (κ3) is 2.60. The molecular formula is C12H12N4O2S. The molecule has 1 saturated carbocycles. The lowest BCUT2D eigenvalue weighted by Gasteiger charge is -2.05. The lowest BCUT2D eigenvalue weighted by molar-refractivity contribution is 0.0693. The fourth-order valence-electron chi connectivity index (χ4n) is 1.82. The van der Waals surface area contributed by atoms with Gasteiger partial charge in [-0.3, -0.25) is 0 Å². The first-order valence-electron chi connectivity index (χ1n) is 5.97. The molecular weight excluding hydrogens is 264 g/mol. The smallest absolute Gasteiger partial charge is 0.336 e. The van der Waals surface area contributed by atoms with Gasteiger partial charge in [-0.1, -0.05) is 12.1 Å². The molecule has 0 amide bonds. The van der Waals surface area contributed by atoms with Gasteiger partial charge >= 0.3 is 5.97 Å². The molecule has 0 bridgehead atoms. The first kappa shape index (κ1) is 12.2. The van der Waals surface area contributed by atoms with E-state index in [2.05, 4.69) is 15.5 Å². The standard InChI is InChI=1S/C12H12N4O2S/c17-12(18)9-3-1-2-4-10(9)19-7-11-13-14-15-16(11)8-5-6-8/h1-4,8H,5-7H2,(H,17,18). The van der Waals surface area contributed by atoms with Gasteiger partial charge in [0.25, 0.3) is 0 Å². The number of aromatic nitrogens is 4. The Kier molecular flexibility index (Phi) is 3.20. The molecule has 1 fully saturated rings. The van der Waals surface area contributed by atoms with Crippen LogP contribution in [-0.4, -0.2) is 31.3 Å². The molecule has 0 atom stereocenters. The molecule has 1 heterocycles. The van der Waals surface area contributed by atoms with Gasteiger partial charge < -0.3 is 5.11 Å². The van der Waals surface area contributed by atoms with Crippen molar-refractivity contribution >= 4 is 17.7 Å². The van der Waals surface area contributed by atoms with Crippen LogP contribution in [-0.2, 0) is 5.75 Å². The van der Waals surface area contributed by atoms with E-state index in [0.29, 0.717) is 17.4 Å². The van der Waals surface area contributed by atoms with Crippen LogP contribution in [0.2, 0.25) is 0 Å². The van der Waals surface area contributed by atoms with Crippen LogP contribution < -0.4 is 0 Å². The maximum atomic E-state index is 11.1. The molecule has 98 valence electrons. The van der Waals surface area contributed by atoms with Gasteiger partial charge in [0.15, 0.2) is 5.82 Å². The maximum Gasteiger partial charge on any atom is 0.336 e. The number of benzene rings is 1. The van der Waals surface area contributed by atoms with Crippen molar-refractivity contribution in [2.24, 2.45) is 0 Å². The number of carboxylic acid groups (broad SMARTS) is 1. The Labute approximate surface area is 113 Å². The van der Waals surface area contributed by atoms with E-state index in [1.165, 1.54) is 11.8 Å². The van der Waals surface area contributed by atoms with Crippen LogP contribution in [0.1, 0.15) is 35.1 Å². The molecule has 0 unspecified atom stereocenters. The van der Waals surface area contributed by atoms with Crippen molar-refractivity contribution in [1.29, 1.82) is 0 Å². The predicted octanol–water partition coefficient (Wildman–Crippen LogP) is 2.00. The van der Waals surface area contributed by atoms with E-state index in [1.807, 2.05) is 10.7 Å². The van der Waals surface area contributed by atoms with Crippen LogP contribution in [0.3, 0.4) is 0 Å². The van der Waals surface area contributed by atoms with Crippen LogP contribution in [0, 0.1) is 0 Å². The van der Waals surface area contributed by atoms with E-state index in [1.54, 1.807) is 18.2 Å². The molecule has 7 heteroatoms. The van der Waals surface area contributed by atoms with Gasteiger partial charge in [0, 0.05) is 4.90 Å². The molecule has 1 aliphatic rings. The van der Waals surface area contributed by atoms with Crippen LogP contribution in [0.25, 0.3) is 0 Å². The summed E-state index contributed by atoms with van der Waals surface area (Å²) in [6.07, 6.45) is 2.24. The molecule has 2 aromatic rings. The molecule has 0 saturated heterocycles. The van der Waals surface area contributed by atoms with Gasteiger partial charge in [-0.15, -0.1) is 16.9 Å². The summed E-state index contributed by atoms with van der Waals surface area (Å²) in [6.45, 7) is 0. The number of carbonyl (C=O) groups is 1. The molecule has 19 heavy (non-hydrogen) atoms. The van der Waals surface area contributed by atoms with E-state index in [9.17, 15) is 4.79 Å². The predicted molar refractivity (Wildman–Crippen MR) is 69.1 cm³/mol. The van der Waals surface area contributed by atoms with Gasteiger partial charge in [-0.05, 0) is 35.4 Å². The third-order valence-electron chi connectivity index (χ3n) is 2.93. The van der Waals surface area contributed by atoms with Gasteiger partial charge in [0.2, 0.25) is 0 Å². The van der Waals surface area contributed by atoms with Crippen molar-refractivity contribution < 1.29 is 9.90 Å². The van der Waals surface area contributed by atoms with Crippen molar-refractivity contribution in [3.63, 3.8) is 0 Å². The lowest BCUT2D eigenvalue weighted by atomic mass is 10.2. The highest BCUT2D eigenvalue weighted by Gasteiger charge is 2.27. The molecule has 1 aromatic carbocycles. The number of carboxylic acids is 1. The summed E-state index contributed by atoms with van der Waals surface area (Å²) in [5, 5.41) is 20.8. The zero-order valence-electron chi connectivity index (χ0n) is 10.1. The number of tetrazole rings is 1. The number of nitrogens with zero attached hydrogens (tertiary/aromatic N) is 4. The first-order chi connectivity index (χ1) is 9.25. The average molecular weight is 276 g/mol. The zero-order chi connectivity index (χ0) is 13.2. The minimum atomic E-state index is -0.912. The Morgan fingerprint density at radius 2 is 2.21 bits per heavy atom. The van der Waals surface area contributed by atoms with E-state index >= 15 is 0 Å². The van der Waals surface area contributed by atoms with Crippen LogP contribution in [0.4, 0.5) is 0 Å². The Balaban J connectivity index is 1.75. The lowest BCUT2D eigenvalue weighted by Crippen LogP contribution is -2.03. The zero-order valence-corrected chi connectivity index (χ0v) is 10.9. The van der Waals surface area contributed by atoms with Crippen molar-refractivity contribution in [1.82, 2.24) is 20.2 Å². The molecule has 1 aromatic heterocycles. The van der Waals surface area contributed by atoms with E-state index in [4.69, 9.17) is 5.11 Å². The minimum Gasteiger partial charge on any atom is -0.478 e. The number of thioether (sulfide) groups is 1. The normalized spacial score (nSPS) is 14.5. The topological polar surface area (TPSA) is 80.9 Å². The van der Waals surface area contributed by atoms with Crippen molar-refractivity contribution in [2.75, 3.05) is 0 Å². The van der Waals surface area contributed by atoms with Crippen LogP contribution in [0.5, 0.6) is 0 Å². The molecule has 1 N–H and O–H groups in total. The molecule has 0 spiro atoms. The van der Waals surface area contributed by atoms with Gasteiger partial charge in [-0.25, -0.2) is 9.48 Å². The molecule has 1 aliphatic carbocycles. The number of hydrogen-bond donors (Lipinski definition) is 1. The highest BCUT2D eigenvalue weighted by Crippen LogP contribution is 2.35. The fraction of sp³-hybridized carbons (Fsp3) is 0.333. The monoisotopic (exact) mass is 276 g/mol. The Hall–Kier alpha value is -1.89. The van der Waals surface area contributed by atoms with Gasteiger partial charge in [-0.2, -0.15) is 0 Å². The summed E-state index contributed by atoms with van der Waals surface area (Å²) in [5.41, 5.74) is 0.318. The van der Waals surface area contributed by atoms with Crippen molar-refractivity contribution in [2.45, 2.75) is 29.5 Å². The first-order valence-corrected chi connectivity index (χ1v) is 6.96. The number of hydrogen-bond acceptors (Lipinski definition) is 5. The highest BCUT2D eigenvalue weighted by molar-refractivity contribution is 7.98. The maximum absolute atomic E-state index is 11.1. The van der Waals surface area contributed by atoms with E-state index in [0.717, 1.165) is 23.6 Å². The summed E-state index contributed by atoms with van der Waals surface area (Å²) < 4.78 is 1.84. The van der Waals surface area contributed by atoms with Crippen LogP contribution in [0.15, 0.2) is 29.2 Å². The summed E-state index contributed by atoms with van der Waals surface area (Å²) in [4.78, 5) is 11.8. The second-order valence-electron chi connectivity index (χ2n) is 4.36. The summed E-state index contributed by atoms with van der Waals surface area (Å²) in [6, 6.07) is 7.40. The molecule has 3 rings (SSSR count). The summed E-state index contributed by atoms with van der Waals surface area (Å²) in [5.74, 6) is 0.464. The second kappa shape index (κ2) is 5.00. The van der Waals surface area contributed by atoms with E-state index in [-0.39, 0.29) is 0 Å². The molecule has 0 radical (unpaired) electrons. The van der Waals surface area contributed by atoms with Gasteiger partial charge in [0.1, 0.15) is 0 Å². The van der Waals surface area contributed by atoms with Gasteiger partial charge in [0.05, 0.1) is 17.4 Å². The quantitative estimate of drug-likeness (QED) is 0.841. The fourth-order valence-corrected chi connectivity index (χ4v) is 2.78. The average Bonchev–Trinajstić information content (AvgIpc) is 3.15. The largest absolute Gasteiger partial charge is 0.478 e. The number of rotatable bonds is 5. The summed E-state index contributed by atoms with van der Waals surface area (Å²) in [7, 11) is 0. The Morgan fingerprint density at radius 3 is 2.95 bits per heavy atom. The molecule has 0 aliphatic heterocycles. The second-order valence-corrected chi connectivity index (χ2v) is 5.38. The van der Waals surface area contributed by atoms with Crippen molar-refractivity contribution in [3.05, 3.63) is 35.7 Å². The SMILES string of the molecule is O=C(O)c1ccccc1SCc1nnnn1C1CC1. The highest BCUT2D eigenvalue weighted by atomic mass is 32.2. The Morgan fingerprint density at radius 1 is 1.42 bits per heavy atom. The Bertz CT molecular complexity index is 609. The molecule has 6 nitrogen and oxygen atoms in total. The van der Waals surface area contributed by atoms with E-state index < -0.39 is 5.97 Å². The number of aromatic carboxylic acids is 1. The third-order valence-corrected chi connectivity index (χ3v) is 4.00. The minimum absolute atomic E-state index is 0.318. The van der Waals surface area contributed by atoms with Crippen molar-refractivity contribution in [3.8, 4) is 0 Å². The van der Waals surface area contributed by atoms with Crippen LogP contribution >= 0.6 is 11.8 Å². The summed E-state index contributed by atoms with van der Waals surface area (Å²) >= 11 is 1.45.